The molecule has 86 valence electrons. The Kier molecular flexibility index (Phi) is 5.47. The van der Waals surface area contributed by atoms with Gasteiger partial charge in [-0.05, 0) is 24.1 Å². The summed E-state index contributed by atoms with van der Waals surface area (Å²) in [7, 11) is 1.65. The van der Waals surface area contributed by atoms with Gasteiger partial charge in [-0.2, -0.15) is 5.26 Å². The molecule has 1 N–H and O–H groups in total. The van der Waals surface area contributed by atoms with Crippen LogP contribution in [0.2, 0.25) is 0 Å². The van der Waals surface area contributed by atoms with Gasteiger partial charge in [0.2, 0.25) is 0 Å². The first-order valence-electron chi connectivity index (χ1n) is 5.07. The molecule has 1 unspecified atom stereocenters. The van der Waals surface area contributed by atoms with Crippen LogP contribution in [0.4, 0.5) is 0 Å². The van der Waals surface area contributed by atoms with Crippen LogP contribution in [0.5, 0.6) is 0 Å². The second kappa shape index (κ2) is 6.64. The van der Waals surface area contributed by atoms with Gasteiger partial charge in [-0.25, -0.2) is 0 Å². The van der Waals surface area contributed by atoms with Gasteiger partial charge in [0, 0.05) is 18.1 Å². The average molecular weight is 283 g/mol. The molecule has 0 bridgehead atoms. The fraction of sp³-hybridized carbons (Fsp3) is 0.417. The van der Waals surface area contributed by atoms with E-state index in [1.54, 1.807) is 7.11 Å². The molecule has 0 aromatic heterocycles. The topological polar surface area (TPSA) is 45.0 Å². The van der Waals surface area contributed by atoms with Gasteiger partial charge in [-0.15, -0.1) is 0 Å². The van der Waals surface area contributed by atoms with Crippen LogP contribution >= 0.6 is 15.9 Å². The lowest BCUT2D eigenvalue weighted by Gasteiger charge is -2.12. The SMILES string of the molecule is COCCNC(C#N)c1ccc(Br)c(C)c1. The largest absolute Gasteiger partial charge is 0.383 e. The molecule has 0 heterocycles. The number of benzene rings is 1. The monoisotopic (exact) mass is 282 g/mol. The Morgan fingerprint density at radius 1 is 1.56 bits per heavy atom. The molecule has 1 atom stereocenters. The average Bonchev–Trinajstić information content (AvgIpc) is 2.29. The molecular weight excluding hydrogens is 268 g/mol. The molecule has 1 aromatic carbocycles. The number of halogens is 1. The number of rotatable bonds is 5. The van der Waals surface area contributed by atoms with Crippen molar-refractivity contribution in [3.8, 4) is 6.07 Å². The van der Waals surface area contributed by atoms with Crippen LogP contribution in [0.3, 0.4) is 0 Å². The van der Waals surface area contributed by atoms with Crippen LogP contribution in [-0.4, -0.2) is 20.3 Å². The highest BCUT2D eigenvalue weighted by Crippen LogP contribution is 2.20. The summed E-state index contributed by atoms with van der Waals surface area (Å²) in [6.45, 7) is 3.29. The molecule has 16 heavy (non-hydrogen) atoms. The third-order valence-electron chi connectivity index (χ3n) is 2.30. The van der Waals surface area contributed by atoms with Crippen molar-refractivity contribution < 1.29 is 4.74 Å². The lowest BCUT2D eigenvalue weighted by molar-refractivity contribution is 0.198. The summed E-state index contributed by atoms with van der Waals surface area (Å²) in [5, 5.41) is 12.2. The first-order valence-corrected chi connectivity index (χ1v) is 5.86. The first-order chi connectivity index (χ1) is 7.69. The van der Waals surface area contributed by atoms with Crippen LogP contribution < -0.4 is 5.32 Å². The van der Waals surface area contributed by atoms with E-state index in [2.05, 4.69) is 27.3 Å². The number of hydrogen-bond acceptors (Lipinski definition) is 3. The molecule has 1 aromatic rings. The quantitative estimate of drug-likeness (QED) is 0.845. The second-order valence-corrected chi connectivity index (χ2v) is 4.37. The molecule has 0 saturated heterocycles. The maximum absolute atomic E-state index is 9.07. The summed E-state index contributed by atoms with van der Waals surface area (Å²) in [5.41, 5.74) is 2.12. The predicted octanol–water partition coefficient (Wildman–Crippen LogP) is 2.56. The second-order valence-electron chi connectivity index (χ2n) is 3.52. The fourth-order valence-electron chi connectivity index (χ4n) is 1.39. The van der Waals surface area contributed by atoms with E-state index in [0.717, 1.165) is 15.6 Å². The number of methoxy groups -OCH3 is 1. The van der Waals surface area contributed by atoms with Gasteiger partial charge in [-0.1, -0.05) is 28.1 Å². The molecular formula is C12H15BrN2O. The number of nitrogens with one attached hydrogen (secondary N) is 1. The minimum Gasteiger partial charge on any atom is -0.383 e. The Balaban J connectivity index is 2.72. The van der Waals surface area contributed by atoms with E-state index >= 15 is 0 Å². The van der Waals surface area contributed by atoms with E-state index < -0.39 is 0 Å². The number of ether oxygens (including phenoxy) is 1. The van der Waals surface area contributed by atoms with Gasteiger partial charge < -0.3 is 4.74 Å². The summed E-state index contributed by atoms with van der Waals surface area (Å²) >= 11 is 3.44. The highest BCUT2D eigenvalue weighted by molar-refractivity contribution is 9.10. The number of nitriles is 1. The van der Waals surface area contributed by atoms with Gasteiger partial charge in [0.1, 0.15) is 6.04 Å². The highest BCUT2D eigenvalue weighted by atomic mass is 79.9. The van der Waals surface area contributed by atoms with Crippen LogP contribution in [0.15, 0.2) is 22.7 Å². The van der Waals surface area contributed by atoms with E-state index in [1.165, 1.54) is 0 Å². The molecule has 0 saturated carbocycles. The molecule has 0 aliphatic heterocycles. The molecule has 3 nitrogen and oxygen atoms in total. The van der Waals surface area contributed by atoms with Gasteiger partial charge >= 0.3 is 0 Å². The van der Waals surface area contributed by atoms with Crippen molar-refractivity contribution in [2.24, 2.45) is 0 Å². The summed E-state index contributed by atoms with van der Waals surface area (Å²) < 4.78 is 6.00. The molecule has 1 rings (SSSR count). The molecule has 0 spiro atoms. The summed E-state index contributed by atoms with van der Waals surface area (Å²) in [6.07, 6.45) is 0. The molecule has 0 aliphatic carbocycles. The fourth-order valence-corrected chi connectivity index (χ4v) is 1.64. The van der Waals surface area contributed by atoms with Crippen molar-refractivity contribution in [1.82, 2.24) is 5.32 Å². The Hall–Kier alpha value is -0.890. The lowest BCUT2D eigenvalue weighted by Crippen LogP contribution is -2.24. The summed E-state index contributed by atoms with van der Waals surface area (Å²) in [6, 6.07) is 7.89. The standard InChI is InChI=1S/C12H15BrN2O/c1-9-7-10(3-4-11(9)13)12(8-14)15-5-6-16-2/h3-4,7,12,15H,5-6H2,1-2H3. The maximum atomic E-state index is 9.07. The van der Waals surface area contributed by atoms with Crippen LogP contribution in [0.25, 0.3) is 0 Å². The predicted molar refractivity (Wildman–Crippen MR) is 67.1 cm³/mol. The Bertz CT molecular complexity index is 387. The Morgan fingerprint density at radius 2 is 2.31 bits per heavy atom. The first kappa shape index (κ1) is 13.2. The van der Waals surface area contributed by atoms with Crippen molar-refractivity contribution in [1.29, 1.82) is 5.26 Å². The number of nitrogens with zero attached hydrogens (tertiary/aromatic N) is 1. The Labute approximate surface area is 105 Å². The maximum Gasteiger partial charge on any atom is 0.121 e. The number of hydrogen-bond donors (Lipinski definition) is 1. The van der Waals surface area contributed by atoms with Crippen LogP contribution in [0, 0.1) is 18.3 Å². The number of aryl methyl sites for hydroxylation is 1. The molecule has 4 heteroatoms. The van der Waals surface area contributed by atoms with Gasteiger partial charge in [0.15, 0.2) is 0 Å². The molecule has 0 amide bonds. The van der Waals surface area contributed by atoms with Crippen molar-refractivity contribution in [2.45, 2.75) is 13.0 Å². The summed E-state index contributed by atoms with van der Waals surface area (Å²) in [5.74, 6) is 0. The zero-order valence-corrected chi connectivity index (χ0v) is 11.0. The van der Waals surface area contributed by atoms with Crippen molar-refractivity contribution in [3.05, 3.63) is 33.8 Å². The van der Waals surface area contributed by atoms with Crippen LogP contribution in [-0.2, 0) is 4.74 Å². The smallest absolute Gasteiger partial charge is 0.121 e. The van der Waals surface area contributed by atoms with Crippen LogP contribution in [0.1, 0.15) is 17.2 Å². The van der Waals surface area contributed by atoms with Gasteiger partial charge in [-0.3, -0.25) is 5.32 Å². The minimum absolute atomic E-state index is 0.276. The highest BCUT2D eigenvalue weighted by Gasteiger charge is 2.09. The van der Waals surface area contributed by atoms with Crippen molar-refractivity contribution >= 4 is 15.9 Å². The normalized spacial score (nSPS) is 12.1. The Morgan fingerprint density at radius 3 is 2.88 bits per heavy atom. The third kappa shape index (κ3) is 3.60. The van der Waals surface area contributed by atoms with E-state index in [0.29, 0.717) is 13.2 Å². The molecule has 0 fully saturated rings. The lowest BCUT2D eigenvalue weighted by atomic mass is 10.1. The van der Waals surface area contributed by atoms with Crippen molar-refractivity contribution in [3.63, 3.8) is 0 Å². The van der Waals surface area contributed by atoms with Gasteiger partial charge in [0.25, 0.3) is 0 Å². The third-order valence-corrected chi connectivity index (χ3v) is 3.19. The van der Waals surface area contributed by atoms with Crippen molar-refractivity contribution in [2.75, 3.05) is 20.3 Å². The zero-order valence-electron chi connectivity index (χ0n) is 9.46. The zero-order chi connectivity index (χ0) is 12.0. The van der Waals surface area contributed by atoms with E-state index in [-0.39, 0.29) is 6.04 Å². The van der Waals surface area contributed by atoms with E-state index in [1.807, 2.05) is 25.1 Å². The molecule has 0 aliphatic rings. The minimum atomic E-state index is -0.276. The van der Waals surface area contributed by atoms with E-state index in [9.17, 15) is 0 Å². The van der Waals surface area contributed by atoms with E-state index in [4.69, 9.17) is 10.00 Å². The summed E-state index contributed by atoms with van der Waals surface area (Å²) in [4.78, 5) is 0. The van der Waals surface area contributed by atoms with Gasteiger partial charge in [0.05, 0.1) is 12.7 Å². The molecule has 0 radical (unpaired) electrons.